The molecule has 10 heteroatoms. The van der Waals surface area contributed by atoms with Crippen LogP contribution in [-0.2, 0) is 11.0 Å². The Hall–Kier alpha value is -4.99. The number of halogens is 3. The number of aromatic nitrogens is 1. The molecule has 1 fully saturated rings. The Morgan fingerprint density at radius 2 is 1.45 bits per heavy atom. The number of alkyl halides is 3. The summed E-state index contributed by atoms with van der Waals surface area (Å²) in [5.41, 5.74) is 1.24. The van der Waals surface area contributed by atoms with Crippen LogP contribution in [0.2, 0.25) is 0 Å². The minimum absolute atomic E-state index is 0.171. The van der Waals surface area contributed by atoms with Gasteiger partial charge in [-0.05, 0) is 59.9 Å². The first-order chi connectivity index (χ1) is 20.2. The average molecular weight is 573 g/mol. The standard InChI is InChI=1S/C32H27F3N4O3/c33-32(34,35)24-15-12-21(13-16-24)25-10-4-5-11-26(25)30(41)37-27-17-14-23(20-36-27)29(40)38-28(22-8-2-1-3-9-22)31(42)39-18-6-7-19-39/h1-5,8-17,20,28H,6-7,18-19H2,(H,38,40)(H,36,37,41)/t28-/m0/s1. The monoisotopic (exact) mass is 572 g/mol. The highest BCUT2D eigenvalue weighted by Gasteiger charge is 2.31. The summed E-state index contributed by atoms with van der Waals surface area (Å²) < 4.78 is 38.9. The third kappa shape index (κ3) is 6.49. The van der Waals surface area contributed by atoms with Gasteiger partial charge in [0, 0.05) is 24.8 Å². The highest BCUT2D eigenvalue weighted by Crippen LogP contribution is 2.32. The maximum absolute atomic E-state index is 13.2. The van der Waals surface area contributed by atoms with Crippen LogP contribution in [-0.4, -0.2) is 40.7 Å². The van der Waals surface area contributed by atoms with E-state index < -0.39 is 29.6 Å². The smallest absolute Gasteiger partial charge is 0.341 e. The number of amides is 3. The Morgan fingerprint density at radius 3 is 2.10 bits per heavy atom. The second kappa shape index (κ2) is 12.3. The maximum atomic E-state index is 13.2. The van der Waals surface area contributed by atoms with Crippen molar-refractivity contribution in [3.05, 3.63) is 119 Å². The largest absolute Gasteiger partial charge is 0.416 e. The zero-order valence-electron chi connectivity index (χ0n) is 22.4. The normalized spacial score (nSPS) is 13.8. The molecule has 0 bridgehead atoms. The summed E-state index contributed by atoms with van der Waals surface area (Å²) in [6.45, 7) is 1.30. The van der Waals surface area contributed by atoms with Crippen molar-refractivity contribution in [2.24, 2.45) is 0 Å². The van der Waals surface area contributed by atoms with E-state index >= 15 is 0 Å². The molecule has 3 aromatic carbocycles. The number of carbonyl (C=O) groups is 3. The molecule has 0 radical (unpaired) electrons. The summed E-state index contributed by atoms with van der Waals surface area (Å²) in [4.78, 5) is 45.4. The quantitative estimate of drug-likeness (QED) is 0.280. The number of benzene rings is 3. The van der Waals surface area contributed by atoms with E-state index in [4.69, 9.17) is 0 Å². The van der Waals surface area contributed by atoms with E-state index in [1.807, 2.05) is 6.07 Å². The van der Waals surface area contributed by atoms with Crippen molar-refractivity contribution >= 4 is 23.5 Å². The molecule has 2 N–H and O–H groups in total. The number of hydrogen-bond acceptors (Lipinski definition) is 4. The van der Waals surface area contributed by atoms with Crippen LogP contribution in [0, 0.1) is 0 Å². The van der Waals surface area contributed by atoms with Gasteiger partial charge in [-0.25, -0.2) is 4.98 Å². The highest BCUT2D eigenvalue weighted by atomic mass is 19.4. The van der Waals surface area contributed by atoms with Crippen LogP contribution in [0.3, 0.4) is 0 Å². The van der Waals surface area contributed by atoms with Crippen molar-refractivity contribution in [3.8, 4) is 11.1 Å². The first kappa shape index (κ1) is 28.5. The summed E-state index contributed by atoms with van der Waals surface area (Å²) in [6, 6.07) is 22.2. The molecular formula is C32H27F3N4O3. The first-order valence-corrected chi connectivity index (χ1v) is 13.4. The van der Waals surface area contributed by atoms with Gasteiger partial charge in [0.05, 0.1) is 11.1 Å². The number of rotatable bonds is 7. The third-order valence-corrected chi connectivity index (χ3v) is 7.04. The SMILES string of the molecule is O=C(N[C@H](C(=O)N1CCCC1)c1ccccc1)c1ccc(NC(=O)c2ccccc2-c2ccc(C(F)(F)F)cc2)nc1. The topological polar surface area (TPSA) is 91.4 Å². The molecule has 1 aliphatic heterocycles. The van der Waals surface area contributed by atoms with E-state index in [1.165, 1.54) is 30.5 Å². The molecule has 0 unspecified atom stereocenters. The van der Waals surface area contributed by atoms with Gasteiger partial charge < -0.3 is 15.5 Å². The number of likely N-dealkylation sites (tertiary alicyclic amines) is 1. The molecule has 0 spiro atoms. The Labute approximate surface area is 240 Å². The third-order valence-electron chi connectivity index (χ3n) is 7.04. The van der Waals surface area contributed by atoms with Crippen molar-refractivity contribution in [1.29, 1.82) is 0 Å². The van der Waals surface area contributed by atoms with Crippen molar-refractivity contribution < 1.29 is 27.6 Å². The number of anilines is 1. The predicted octanol–water partition coefficient (Wildman–Crippen LogP) is 6.11. The fourth-order valence-electron chi connectivity index (χ4n) is 4.83. The summed E-state index contributed by atoms with van der Waals surface area (Å²) in [5, 5.41) is 5.49. The predicted molar refractivity (Wildman–Crippen MR) is 152 cm³/mol. The van der Waals surface area contributed by atoms with Crippen LogP contribution >= 0.6 is 0 Å². The summed E-state index contributed by atoms with van der Waals surface area (Å²) in [5.74, 6) is -1.01. The van der Waals surface area contributed by atoms with Gasteiger partial charge >= 0.3 is 6.18 Å². The van der Waals surface area contributed by atoms with Crippen LogP contribution in [0.15, 0.2) is 97.2 Å². The van der Waals surface area contributed by atoms with Gasteiger partial charge in [-0.3, -0.25) is 14.4 Å². The minimum Gasteiger partial charge on any atom is -0.341 e. The zero-order valence-corrected chi connectivity index (χ0v) is 22.4. The lowest BCUT2D eigenvalue weighted by molar-refractivity contribution is -0.137. The Balaban J connectivity index is 1.29. The number of nitrogens with zero attached hydrogens (tertiary/aromatic N) is 2. The van der Waals surface area contributed by atoms with Crippen LogP contribution in [0.4, 0.5) is 19.0 Å². The molecule has 2 heterocycles. The van der Waals surface area contributed by atoms with Gasteiger partial charge in [-0.2, -0.15) is 13.2 Å². The summed E-state index contributed by atoms with van der Waals surface area (Å²) in [7, 11) is 0. The molecule has 0 aliphatic carbocycles. The molecule has 0 saturated carbocycles. The van der Waals surface area contributed by atoms with Gasteiger partial charge in [0.15, 0.2) is 0 Å². The number of nitrogens with one attached hydrogen (secondary N) is 2. The first-order valence-electron chi connectivity index (χ1n) is 13.4. The molecule has 3 amide bonds. The molecule has 1 atom stereocenters. The molecule has 42 heavy (non-hydrogen) atoms. The van der Waals surface area contributed by atoms with Crippen molar-refractivity contribution in [2.45, 2.75) is 25.1 Å². The van der Waals surface area contributed by atoms with Gasteiger partial charge in [0.1, 0.15) is 11.9 Å². The molecule has 1 saturated heterocycles. The number of pyridine rings is 1. The fraction of sp³-hybridized carbons (Fsp3) is 0.188. The maximum Gasteiger partial charge on any atom is 0.416 e. The lowest BCUT2D eigenvalue weighted by atomic mass is 9.98. The van der Waals surface area contributed by atoms with E-state index in [9.17, 15) is 27.6 Å². The minimum atomic E-state index is -4.46. The van der Waals surface area contributed by atoms with Gasteiger partial charge in [-0.15, -0.1) is 0 Å². The van der Waals surface area contributed by atoms with E-state index in [-0.39, 0.29) is 22.9 Å². The fourth-order valence-corrected chi connectivity index (χ4v) is 4.83. The lowest BCUT2D eigenvalue weighted by Gasteiger charge is -2.24. The lowest BCUT2D eigenvalue weighted by Crippen LogP contribution is -2.41. The molecular weight excluding hydrogens is 545 g/mol. The second-order valence-electron chi connectivity index (χ2n) is 9.86. The summed E-state index contributed by atoms with van der Waals surface area (Å²) >= 11 is 0. The molecule has 214 valence electrons. The highest BCUT2D eigenvalue weighted by molar-refractivity contribution is 6.08. The van der Waals surface area contributed by atoms with E-state index in [1.54, 1.807) is 53.4 Å². The van der Waals surface area contributed by atoms with Gasteiger partial charge in [0.2, 0.25) is 5.91 Å². The average Bonchev–Trinajstić information content (AvgIpc) is 3.55. The van der Waals surface area contributed by atoms with Crippen LogP contribution in [0.5, 0.6) is 0 Å². The van der Waals surface area contributed by atoms with Crippen molar-refractivity contribution in [1.82, 2.24) is 15.2 Å². The van der Waals surface area contributed by atoms with Crippen LogP contribution < -0.4 is 10.6 Å². The molecule has 1 aliphatic rings. The van der Waals surface area contributed by atoms with E-state index in [0.29, 0.717) is 29.8 Å². The van der Waals surface area contributed by atoms with Gasteiger partial charge in [-0.1, -0.05) is 60.7 Å². The Kier molecular flexibility index (Phi) is 8.33. The zero-order chi connectivity index (χ0) is 29.7. The molecule has 7 nitrogen and oxygen atoms in total. The molecule has 1 aromatic heterocycles. The van der Waals surface area contributed by atoms with E-state index in [0.717, 1.165) is 25.0 Å². The molecule has 4 aromatic rings. The Bertz CT molecular complexity index is 1570. The van der Waals surface area contributed by atoms with Crippen molar-refractivity contribution in [3.63, 3.8) is 0 Å². The van der Waals surface area contributed by atoms with Gasteiger partial charge in [0.25, 0.3) is 11.8 Å². The van der Waals surface area contributed by atoms with Crippen LogP contribution in [0.25, 0.3) is 11.1 Å². The van der Waals surface area contributed by atoms with Crippen LogP contribution in [0.1, 0.15) is 50.7 Å². The second-order valence-corrected chi connectivity index (χ2v) is 9.86. The van der Waals surface area contributed by atoms with Crippen molar-refractivity contribution in [2.75, 3.05) is 18.4 Å². The summed E-state index contributed by atoms with van der Waals surface area (Å²) in [6.07, 6.45) is -1.31. The number of carbonyl (C=O) groups excluding carboxylic acids is 3. The van der Waals surface area contributed by atoms with E-state index in [2.05, 4.69) is 15.6 Å². The number of hydrogen-bond donors (Lipinski definition) is 2. The Morgan fingerprint density at radius 1 is 0.786 bits per heavy atom. The molecule has 5 rings (SSSR count).